The number of rotatable bonds is 5. The highest BCUT2D eigenvalue weighted by Gasteiger charge is 2.21. The quantitative estimate of drug-likeness (QED) is 0.212. The first kappa shape index (κ1) is 26.5. The molecular weight excluding hydrogens is 526 g/mol. The molecular formula is C38H31N5. The van der Waals surface area contributed by atoms with Crippen LogP contribution in [0.25, 0.3) is 61.9 Å². The van der Waals surface area contributed by atoms with Crippen molar-refractivity contribution in [1.82, 2.24) is 24.7 Å². The molecule has 0 aliphatic carbocycles. The third-order valence-electron chi connectivity index (χ3n) is 7.78. The summed E-state index contributed by atoms with van der Waals surface area (Å²) in [5.74, 6) is 1.43. The van der Waals surface area contributed by atoms with Gasteiger partial charge in [0.2, 0.25) is 0 Å². The number of fused-ring (bicyclic) bond motifs is 1. The Morgan fingerprint density at radius 1 is 0.558 bits per heavy atom. The van der Waals surface area contributed by atoms with Crippen molar-refractivity contribution in [2.75, 3.05) is 0 Å². The molecule has 0 saturated heterocycles. The molecule has 5 heteroatoms. The number of hydrogen-bond acceptors (Lipinski definition) is 4. The van der Waals surface area contributed by atoms with E-state index in [1.807, 2.05) is 36.4 Å². The van der Waals surface area contributed by atoms with E-state index in [4.69, 9.17) is 15.2 Å². The zero-order chi connectivity index (χ0) is 29.4. The van der Waals surface area contributed by atoms with Crippen LogP contribution in [0.4, 0.5) is 0 Å². The van der Waals surface area contributed by atoms with Crippen LogP contribution in [0.1, 0.15) is 26.3 Å². The van der Waals surface area contributed by atoms with E-state index in [0.29, 0.717) is 5.82 Å². The Morgan fingerprint density at radius 3 is 2.05 bits per heavy atom. The van der Waals surface area contributed by atoms with Gasteiger partial charge in [-0.25, -0.2) is 4.98 Å². The van der Waals surface area contributed by atoms with E-state index in [9.17, 15) is 0 Å². The van der Waals surface area contributed by atoms with Crippen molar-refractivity contribution >= 4 is 10.8 Å². The minimum Gasteiger partial charge on any atom is -0.274 e. The molecule has 0 bridgehead atoms. The summed E-state index contributed by atoms with van der Waals surface area (Å²) in [6.45, 7) is 6.68. The van der Waals surface area contributed by atoms with Crippen molar-refractivity contribution in [1.29, 1.82) is 0 Å². The van der Waals surface area contributed by atoms with E-state index in [1.165, 1.54) is 21.9 Å². The standard InChI is InChI=1S/C38H31N5/c1-38(2,3)29-20-22-30(23-21-29)43-36(41-42-37(43)35-19-10-18-34(40-35)33-17-6-7-24-39-33)28-14-8-13-27(25-28)32-16-9-12-26-11-4-5-15-31(26)32/h4-25H,1-3H3. The molecule has 0 amide bonds. The fourth-order valence-corrected chi connectivity index (χ4v) is 5.51. The van der Waals surface area contributed by atoms with Crippen LogP contribution >= 0.6 is 0 Å². The molecule has 208 valence electrons. The average Bonchev–Trinajstić information content (AvgIpc) is 3.50. The maximum atomic E-state index is 4.98. The lowest BCUT2D eigenvalue weighted by molar-refractivity contribution is 0.590. The van der Waals surface area contributed by atoms with Gasteiger partial charge in [0.25, 0.3) is 0 Å². The van der Waals surface area contributed by atoms with E-state index >= 15 is 0 Å². The molecule has 3 aromatic heterocycles. The normalized spacial score (nSPS) is 11.6. The van der Waals surface area contributed by atoms with Gasteiger partial charge >= 0.3 is 0 Å². The molecule has 0 spiro atoms. The first-order valence-corrected chi connectivity index (χ1v) is 14.5. The zero-order valence-electron chi connectivity index (χ0n) is 24.4. The Kier molecular flexibility index (Phi) is 6.63. The summed E-state index contributed by atoms with van der Waals surface area (Å²) >= 11 is 0. The molecule has 5 nitrogen and oxygen atoms in total. The van der Waals surface area contributed by atoms with Crippen molar-refractivity contribution in [2.45, 2.75) is 26.2 Å². The van der Waals surface area contributed by atoms with E-state index in [-0.39, 0.29) is 5.41 Å². The summed E-state index contributed by atoms with van der Waals surface area (Å²) in [5.41, 5.74) is 7.90. The number of pyridine rings is 2. The maximum absolute atomic E-state index is 4.98. The Labute approximate surface area is 251 Å². The Hall–Kier alpha value is -5.42. The number of aromatic nitrogens is 5. The Bertz CT molecular complexity index is 2050. The van der Waals surface area contributed by atoms with Crippen LogP contribution in [-0.2, 0) is 5.41 Å². The van der Waals surface area contributed by atoms with E-state index < -0.39 is 0 Å². The van der Waals surface area contributed by atoms with Gasteiger partial charge in [0.15, 0.2) is 11.6 Å². The molecule has 0 saturated carbocycles. The van der Waals surface area contributed by atoms with Crippen molar-refractivity contribution < 1.29 is 0 Å². The summed E-state index contributed by atoms with van der Waals surface area (Å²) in [6.07, 6.45) is 1.78. The highest BCUT2D eigenvalue weighted by atomic mass is 15.3. The van der Waals surface area contributed by atoms with Gasteiger partial charge in [-0.15, -0.1) is 10.2 Å². The topological polar surface area (TPSA) is 56.5 Å². The lowest BCUT2D eigenvalue weighted by Crippen LogP contribution is -2.11. The molecule has 43 heavy (non-hydrogen) atoms. The lowest BCUT2D eigenvalue weighted by atomic mass is 9.87. The fourth-order valence-electron chi connectivity index (χ4n) is 5.51. The summed E-state index contributed by atoms with van der Waals surface area (Å²) in [7, 11) is 0. The maximum Gasteiger partial charge on any atom is 0.187 e. The van der Waals surface area contributed by atoms with Gasteiger partial charge in [-0.1, -0.05) is 106 Å². The zero-order valence-corrected chi connectivity index (χ0v) is 24.4. The molecule has 7 aromatic rings. The summed E-state index contributed by atoms with van der Waals surface area (Å²) < 4.78 is 2.11. The van der Waals surface area contributed by atoms with E-state index in [0.717, 1.165) is 39.7 Å². The second-order valence-electron chi connectivity index (χ2n) is 11.7. The SMILES string of the molecule is CC(C)(C)c1ccc(-n2c(-c3cccc(-c4cccc5ccccc45)c3)nnc2-c2cccc(-c3ccccn3)n2)cc1. The second kappa shape index (κ2) is 10.8. The largest absolute Gasteiger partial charge is 0.274 e. The molecule has 0 fully saturated rings. The predicted molar refractivity (Wildman–Crippen MR) is 175 cm³/mol. The smallest absolute Gasteiger partial charge is 0.187 e. The van der Waals surface area contributed by atoms with Gasteiger partial charge in [-0.3, -0.25) is 9.55 Å². The molecule has 3 heterocycles. The van der Waals surface area contributed by atoms with Crippen LogP contribution in [0, 0.1) is 0 Å². The molecule has 0 aliphatic heterocycles. The second-order valence-corrected chi connectivity index (χ2v) is 11.7. The van der Waals surface area contributed by atoms with Gasteiger partial charge in [-0.2, -0.15) is 0 Å². The molecule has 0 aliphatic rings. The molecule has 4 aromatic carbocycles. The molecule has 0 N–H and O–H groups in total. The van der Waals surface area contributed by atoms with Crippen LogP contribution in [0.15, 0.2) is 134 Å². The fraction of sp³-hybridized carbons (Fsp3) is 0.105. The molecule has 0 unspecified atom stereocenters. The monoisotopic (exact) mass is 557 g/mol. The molecule has 7 rings (SSSR count). The molecule has 0 atom stereocenters. The van der Waals surface area contributed by atoms with Crippen LogP contribution in [-0.4, -0.2) is 24.7 Å². The van der Waals surface area contributed by atoms with Gasteiger partial charge in [0.1, 0.15) is 5.69 Å². The Balaban J connectivity index is 1.40. The number of hydrogen-bond donors (Lipinski definition) is 0. The third kappa shape index (κ3) is 5.10. The van der Waals surface area contributed by atoms with E-state index in [2.05, 4.69) is 121 Å². The predicted octanol–water partition coefficient (Wildman–Crippen LogP) is 9.18. The third-order valence-corrected chi connectivity index (χ3v) is 7.78. The van der Waals surface area contributed by atoms with Gasteiger partial charge in [0.05, 0.1) is 11.4 Å². The van der Waals surface area contributed by atoms with Gasteiger partial charge in [-0.05, 0) is 75.3 Å². The van der Waals surface area contributed by atoms with Crippen LogP contribution in [0.2, 0.25) is 0 Å². The van der Waals surface area contributed by atoms with E-state index in [1.54, 1.807) is 6.20 Å². The minimum absolute atomic E-state index is 0.0444. The van der Waals surface area contributed by atoms with Gasteiger partial charge < -0.3 is 0 Å². The first-order chi connectivity index (χ1) is 21.0. The van der Waals surface area contributed by atoms with Crippen LogP contribution < -0.4 is 0 Å². The summed E-state index contributed by atoms with van der Waals surface area (Å²) in [6, 6.07) is 43.9. The highest BCUT2D eigenvalue weighted by Crippen LogP contribution is 2.34. The van der Waals surface area contributed by atoms with Crippen LogP contribution in [0.5, 0.6) is 0 Å². The highest BCUT2D eigenvalue weighted by molar-refractivity contribution is 5.97. The summed E-state index contributed by atoms with van der Waals surface area (Å²) in [4.78, 5) is 9.48. The summed E-state index contributed by atoms with van der Waals surface area (Å²) in [5, 5.41) is 11.9. The first-order valence-electron chi connectivity index (χ1n) is 14.5. The van der Waals surface area contributed by atoms with Crippen molar-refractivity contribution in [3.8, 4) is 51.1 Å². The van der Waals surface area contributed by atoms with Crippen molar-refractivity contribution in [3.05, 3.63) is 139 Å². The number of benzene rings is 4. The van der Waals surface area contributed by atoms with Crippen molar-refractivity contribution in [2.24, 2.45) is 0 Å². The Morgan fingerprint density at radius 2 is 1.23 bits per heavy atom. The molecule has 0 radical (unpaired) electrons. The van der Waals surface area contributed by atoms with Crippen LogP contribution in [0.3, 0.4) is 0 Å². The average molecular weight is 558 g/mol. The van der Waals surface area contributed by atoms with Crippen molar-refractivity contribution in [3.63, 3.8) is 0 Å². The lowest BCUT2D eigenvalue weighted by Gasteiger charge is -2.20. The van der Waals surface area contributed by atoms with Gasteiger partial charge in [0, 0.05) is 17.4 Å². The minimum atomic E-state index is 0.0444. The number of nitrogens with zero attached hydrogens (tertiary/aromatic N) is 5.